The van der Waals surface area contributed by atoms with Gasteiger partial charge in [0.15, 0.2) is 6.61 Å². The summed E-state index contributed by atoms with van der Waals surface area (Å²) in [7, 11) is 0. The quantitative estimate of drug-likeness (QED) is 0.657. The molecule has 0 atom stereocenters. The first-order valence-electron chi connectivity index (χ1n) is 8.34. The van der Waals surface area contributed by atoms with Crippen LogP contribution in [0.15, 0.2) is 42.5 Å². The van der Waals surface area contributed by atoms with Crippen molar-refractivity contribution in [2.45, 2.75) is 20.0 Å². The summed E-state index contributed by atoms with van der Waals surface area (Å²) in [6, 6.07) is 9.88. The maximum atomic E-state index is 12.6. The van der Waals surface area contributed by atoms with Crippen molar-refractivity contribution < 1.29 is 27.5 Å². The Hall–Kier alpha value is -3.23. The molecule has 6 nitrogen and oxygen atoms in total. The van der Waals surface area contributed by atoms with E-state index in [-0.39, 0.29) is 12.3 Å². The van der Waals surface area contributed by atoms with Crippen LogP contribution in [0.1, 0.15) is 16.7 Å². The van der Waals surface area contributed by atoms with Crippen molar-refractivity contribution in [3.05, 3.63) is 59.2 Å². The van der Waals surface area contributed by atoms with Gasteiger partial charge in [-0.3, -0.25) is 20.4 Å². The number of alkyl halides is 3. The molecule has 0 fully saturated rings. The van der Waals surface area contributed by atoms with Gasteiger partial charge in [-0.15, -0.1) is 0 Å². The van der Waals surface area contributed by atoms with Crippen LogP contribution in [-0.2, 0) is 15.8 Å². The van der Waals surface area contributed by atoms with Gasteiger partial charge in [-0.25, -0.2) is 0 Å². The molecule has 2 rings (SSSR count). The van der Waals surface area contributed by atoms with Gasteiger partial charge >= 0.3 is 6.18 Å². The lowest BCUT2D eigenvalue weighted by Crippen LogP contribution is -2.46. The van der Waals surface area contributed by atoms with Crippen LogP contribution in [0, 0.1) is 13.8 Å². The van der Waals surface area contributed by atoms with Crippen molar-refractivity contribution in [2.75, 3.05) is 18.5 Å². The molecule has 0 bridgehead atoms. The third-order valence-corrected chi connectivity index (χ3v) is 3.69. The Morgan fingerprint density at radius 3 is 2.39 bits per heavy atom. The van der Waals surface area contributed by atoms with Crippen molar-refractivity contribution in [1.29, 1.82) is 0 Å². The predicted octanol–water partition coefficient (Wildman–Crippen LogP) is 2.96. The number of aryl methyl sites for hydroxylation is 2. The second kappa shape index (κ2) is 9.12. The second-order valence-corrected chi connectivity index (χ2v) is 6.08. The number of amides is 2. The Morgan fingerprint density at radius 1 is 1.00 bits per heavy atom. The number of hydrogen-bond donors (Lipinski definition) is 3. The first-order valence-corrected chi connectivity index (χ1v) is 8.34. The van der Waals surface area contributed by atoms with Gasteiger partial charge in [-0.1, -0.05) is 23.8 Å². The number of hydrazine groups is 1. The van der Waals surface area contributed by atoms with E-state index in [2.05, 4.69) is 16.2 Å². The summed E-state index contributed by atoms with van der Waals surface area (Å²) in [6.45, 7) is 3.24. The monoisotopic (exact) mass is 395 g/mol. The summed E-state index contributed by atoms with van der Waals surface area (Å²) in [6.07, 6.45) is -4.50. The second-order valence-electron chi connectivity index (χ2n) is 6.08. The van der Waals surface area contributed by atoms with Gasteiger partial charge in [0, 0.05) is 5.69 Å². The lowest BCUT2D eigenvalue weighted by molar-refractivity contribution is -0.137. The molecular weight excluding hydrogens is 375 g/mol. The SMILES string of the molecule is Cc1ccc(NCC(=O)NNC(=O)COc2cccc(C(F)(F)F)c2)c(C)c1. The summed E-state index contributed by atoms with van der Waals surface area (Å²) in [5, 5.41) is 2.94. The minimum Gasteiger partial charge on any atom is -0.484 e. The van der Waals surface area contributed by atoms with E-state index in [1.165, 1.54) is 12.1 Å². The number of ether oxygens (including phenoxy) is 1. The molecule has 2 aromatic carbocycles. The van der Waals surface area contributed by atoms with Gasteiger partial charge in [0.05, 0.1) is 12.1 Å². The number of rotatable bonds is 6. The Balaban J connectivity index is 1.74. The van der Waals surface area contributed by atoms with Crippen LogP contribution in [0.25, 0.3) is 0 Å². The van der Waals surface area contributed by atoms with Crippen LogP contribution in [0.3, 0.4) is 0 Å². The maximum Gasteiger partial charge on any atom is 0.416 e. The van der Waals surface area contributed by atoms with Crippen LogP contribution in [0.5, 0.6) is 5.75 Å². The van der Waals surface area contributed by atoms with E-state index in [0.717, 1.165) is 28.9 Å². The molecule has 28 heavy (non-hydrogen) atoms. The average Bonchev–Trinajstić information content (AvgIpc) is 2.63. The Morgan fingerprint density at radius 2 is 1.71 bits per heavy atom. The summed E-state index contributed by atoms with van der Waals surface area (Å²) in [5.41, 5.74) is 6.32. The van der Waals surface area contributed by atoms with Crippen LogP contribution < -0.4 is 20.9 Å². The largest absolute Gasteiger partial charge is 0.484 e. The van der Waals surface area contributed by atoms with E-state index in [9.17, 15) is 22.8 Å². The maximum absolute atomic E-state index is 12.6. The van der Waals surface area contributed by atoms with Gasteiger partial charge in [-0.05, 0) is 43.7 Å². The van der Waals surface area contributed by atoms with Crippen LogP contribution in [-0.4, -0.2) is 25.0 Å². The number of carbonyl (C=O) groups excluding carboxylic acids is 2. The number of hydrogen-bond acceptors (Lipinski definition) is 4. The highest BCUT2D eigenvalue weighted by Gasteiger charge is 2.30. The van der Waals surface area contributed by atoms with Gasteiger partial charge in [0.25, 0.3) is 11.8 Å². The third kappa shape index (κ3) is 6.49. The molecule has 0 heterocycles. The zero-order valence-electron chi connectivity index (χ0n) is 15.3. The molecule has 0 aromatic heterocycles. The number of nitrogens with one attached hydrogen (secondary N) is 3. The third-order valence-electron chi connectivity index (χ3n) is 3.69. The Labute approximate surface area is 160 Å². The highest BCUT2D eigenvalue weighted by atomic mass is 19.4. The predicted molar refractivity (Wildman–Crippen MR) is 97.6 cm³/mol. The molecule has 0 unspecified atom stereocenters. The van der Waals surface area contributed by atoms with Gasteiger partial charge in [0.2, 0.25) is 0 Å². The van der Waals surface area contributed by atoms with E-state index in [0.29, 0.717) is 0 Å². The average molecular weight is 395 g/mol. The molecule has 9 heteroatoms. The lowest BCUT2D eigenvalue weighted by atomic mass is 10.1. The fraction of sp³-hybridized carbons (Fsp3) is 0.263. The molecule has 0 saturated heterocycles. The van der Waals surface area contributed by atoms with Gasteiger partial charge in [-0.2, -0.15) is 13.2 Å². The van der Waals surface area contributed by atoms with Crippen molar-refractivity contribution in [1.82, 2.24) is 10.9 Å². The van der Waals surface area contributed by atoms with Crippen molar-refractivity contribution >= 4 is 17.5 Å². The fourth-order valence-electron chi connectivity index (χ4n) is 2.32. The zero-order valence-corrected chi connectivity index (χ0v) is 15.3. The summed E-state index contributed by atoms with van der Waals surface area (Å²) < 4.78 is 42.9. The van der Waals surface area contributed by atoms with Gasteiger partial charge < -0.3 is 10.1 Å². The summed E-state index contributed by atoms with van der Waals surface area (Å²) >= 11 is 0. The number of benzene rings is 2. The molecule has 2 amide bonds. The van der Waals surface area contributed by atoms with Crippen LogP contribution in [0.2, 0.25) is 0 Å². The Bertz CT molecular complexity index is 854. The highest BCUT2D eigenvalue weighted by molar-refractivity contribution is 5.85. The normalized spacial score (nSPS) is 10.9. The molecule has 2 aromatic rings. The standard InChI is InChI=1S/C19H20F3N3O3/c1-12-6-7-16(13(2)8-12)23-10-17(26)24-25-18(27)11-28-15-5-3-4-14(9-15)19(20,21)22/h3-9,23H,10-11H2,1-2H3,(H,24,26)(H,25,27). The smallest absolute Gasteiger partial charge is 0.416 e. The molecule has 0 aliphatic heterocycles. The topological polar surface area (TPSA) is 79.5 Å². The first kappa shape index (κ1) is 21.1. The Kier molecular flexibility index (Phi) is 6.86. The summed E-state index contributed by atoms with van der Waals surface area (Å²) in [4.78, 5) is 23.4. The van der Waals surface area contributed by atoms with Gasteiger partial charge in [0.1, 0.15) is 5.75 Å². The first-order chi connectivity index (χ1) is 13.1. The fourth-order valence-corrected chi connectivity index (χ4v) is 2.32. The van der Waals surface area contributed by atoms with E-state index in [4.69, 9.17) is 4.74 Å². The minimum absolute atomic E-state index is 0.0708. The molecule has 0 aliphatic rings. The van der Waals surface area contributed by atoms with Crippen molar-refractivity contribution in [2.24, 2.45) is 0 Å². The lowest BCUT2D eigenvalue weighted by Gasteiger charge is -2.12. The number of anilines is 1. The molecule has 0 aliphatic carbocycles. The van der Waals surface area contributed by atoms with Crippen LogP contribution >= 0.6 is 0 Å². The molecule has 0 saturated carbocycles. The number of carbonyl (C=O) groups is 2. The minimum atomic E-state index is -4.50. The molecule has 150 valence electrons. The molecule has 3 N–H and O–H groups in total. The zero-order chi connectivity index (χ0) is 20.7. The van der Waals surface area contributed by atoms with E-state index >= 15 is 0 Å². The summed E-state index contributed by atoms with van der Waals surface area (Å²) in [5.74, 6) is -1.31. The van der Waals surface area contributed by atoms with Crippen molar-refractivity contribution in [3.8, 4) is 5.75 Å². The number of halogens is 3. The molecule has 0 spiro atoms. The van der Waals surface area contributed by atoms with Crippen LogP contribution in [0.4, 0.5) is 18.9 Å². The molecule has 0 radical (unpaired) electrons. The van der Waals surface area contributed by atoms with E-state index in [1.807, 2.05) is 32.0 Å². The van der Waals surface area contributed by atoms with E-state index < -0.39 is 30.2 Å². The molecular formula is C19H20F3N3O3. The highest BCUT2D eigenvalue weighted by Crippen LogP contribution is 2.31. The van der Waals surface area contributed by atoms with E-state index in [1.54, 1.807) is 0 Å². The van der Waals surface area contributed by atoms with Crippen molar-refractivity contribution in [3.63, 3.8) is 0 Å².